The smallest absolute Gasteiger partial charge is 0.478 e. The van der Waals surface area contributed by atoms with Crippen molar-refractivity contribution < 1.29 is 37.4 Å². The van der Waals surface area contributed by atoms with E-state index in [9.17, 15) is 23.1 Å². The molecule has 0 unspecified atom stereocenters. The van der Waals surface area contributed by atoms with Crippen molar-refractivity contribution in [2.75, 3.05) is 7.11 Å². The number of halogens is 3. The van der Waals surface area contributed by atoms with Gasteiger partial charge in [-0.2, -0.15) is 0 Å². The normalized spacial score (nSPS) is 12.4. The van der Waals surface area contributed by atoms with Gasteiger partial charge in [0.2, 0.25) is 0 Å². The highest BCUT2D eigenvalue weighted by molar-refractivity contribution is 6.00. The number of aryl methyl sites for hydroxylation is 3. The molecule has 1 N–H and O–H groups in total. The summed E-state index contributed by atoms with van der Waals surface area (Å²) in [4.78, 5) is 16.3. The maximum atomic E-state index is 12.3. The number of benzene rings is 2. The number of nitrogens with zero attached hydrogens (tertiary/aromatic N) is 1. The molecule has 0 fully saturated rings. The molecule has 0 spiro atoms. The zero-order valence-corrected chi connectivity index (χ0v) is 18.5. The number of carboxylic acid groups (broad SMARTS) is 1. The van der Waals surface area contributed by atoms with Crippen LogP contribution in [-0.2, 0) is 16.1 Å². The van der Waals surface area contributed by atoms with Gasteiger partial charge in [0.05, 0.1) is 5.71 Å². The Hall–Kier alpha value is -3.23. The Morgan fingerprint density at radius 3 is 2.06 bits per heavy atom. The molecule has 0 bridgehead atoms. The van der Waals surface area contributed by atoms with E-state index >= 15 is 0 Å². The lowest BCUT2D eigenvalue weighted by molar-refractivity contribution is -0.274. The Kier molecular flexibility index (Phi) is 7.77. The fourth-order valence-corrected chi connectivity index (χ4v) is 3.11. The molecule has 0 amide bonds. The fraction of sp³-hybridized carbons (Fsp3) is 0.391. The largest absolute Gasteiger partial charge is 0.573 e. The molecule has 0 heterocycles. The van der Waals surface area contributed by atoms with E-state index in [4.69, 9.17) is 9.57 Å². The first kappa shape index (κ1) is 25.0. The lowest BCUT2D eigenvalue weighted by atomic mass is 9.98. The van der Waals surface area contributed by atoms with Crippen molar-refractivity contribution >= 4 is 11.7 Å². The molecule has 0 aliphatic heterocycles. The van der Waals surface area contributed by atoms with Crippen molar-refractivity contribution in [3.63, 3.8) is 0 Å². The summed E-state index contributed by atoms with van der Waals surface area (Å²) in [5, 5.41) is 13.3. The molecule has 0 saturated heterocycles. The Morgan fingerprint density at radius 1 is 1.03 bits per heavy atom. The first-order chi connectivity index (χ1) is 14.8. The van der Waals surface area contributed by atoms with Crippen molar-refractivity contribution in [1.29, 1.82) is 0 Å². The van der Waals surface area contributed by atoms with E-state index in [-0.39, 0.29) is 5.75 Å². The Bertz CT molecular complexity index is 959. The number of hydrogen-bond acceptors (Lipinski definition) is 5. The predicted octanol–water partition coefficient (Wildman–Crippen LogP) is 5.43. The quantitative estimate of drug-likeness (QED) is 0.405. The lowest BCUT2D eigenvalue weighted by Gasteiger charge is -2.24. The fourth-order valence-electron chi connectivity index (χ4n) is 3.11. The molecule has 2 aromatic rings. The van der Waals surface area contributed by atoms with Crippen LogP contribution >= 0.6 is 0 Å². The molecule has 174 valence electrons. The summed E-state index contributed by atoms with van der Waals surface area (Å²) in [6, 6.07) is 9.23. The molecule has 2 aromatic carbocycles. The van der Waals surface area contributed by atoms with Crippen LogP contribution in [0.5, 0.6) is 11.5 Å². The topological polar surface area (TPSA) is 77.4 Å². The summed E-state index contributed by atoms with van der Waals surface area (Å²) in [7, 11) is 1.39. The van der Waals surface area contributed by atoms with Crippen molar-refractivity contribution in [3.05, 3.63) is 58.7 Å². The first-order valence-electron chi connectivity index (χ1n) is 9.81. The van der Waals surface area contributed by atoms with Crippen molar-refractivity contribution in [2.24, 2.45) is 5.16 Å². The van der Waals surface area contributed by atoms with E-state index in [1.165, 1.54) is 45.2 Å². The number of oxime groups is 1. The van der Waals surface area contributed by atoms with Crippen LogP contribution in [-0.4, -0.2) is 35.9 Å². The molecule has 0 radical (unpaired) electrons. The minimum atomic E-state index is -4.75. The van der Waals surface area contributed by atoms with E-state index in [0.717, 1.165) is 16.7 Å². The molecule has 0 aliphatic rings. The number of ether oxygens (including phenoxy) is 2. The molecule has 0 atom stereocenters. The van der Waals surface area contributed by atoms with Crippen LogP contribution in [0, 0.1) is 13.8 Å². The summed E-state index contributed by atoms with van der Waals surface area (Å²) >= 11 is 0. The molecule has 2 rings (SSSR count). The van der Waals surface area contributed by atoms with Crippen LogP contribution in [0.25, 0.3) is 0 Å². The standard InChI is InChI=1S/C23H26F3NO5/c1-14-12-16(13-15(2)20(14)32-22(3,4)21(28)29)6-11-19(27-30-5)17-7-9-18(10-8-17)31-23(24,25)26/h7-10,12-13H,6,11H2,1-5H3,(H,28,29)/b27-19-. The summed E-state index contributed by atoms with van der Waals surface area (Å²) in [5.74, 6) is -0.858. The second kappa shape index (κ2) is 9.93. The maximum Gasteiger partial charge on any atom is 0.573 e. The summed E-state index contributed by atoms with van der Waals surface area (Å²) in [6.45, 7) is 6.65. The predicted molar refractivity (Wildman–Crippen MR) is 113 cm³/mol. The van der Waals surface area contributed by atoms with Gasteiger partial charge in [-0.3, -0.25) is 0 Å². The maximum absolute atomic E-state index is 12.3. The Labute approximate surface area is 184 Å². The van der Waals surface area contributed by atoms with Gasteiger partial charge >= 0.3 is 12.3 Å². The van der Waals surface area contributed by atoms with E-state index < -0.39 is 17.9 Å². The van der Waals surface area contributed by atoms with Gasteiger partial charge in [0.15, 0.2) is 5.60 Å². The van der Waals surface area contributed by atoms with Crippen molar-refractivity contribution in [3.8, 4) is 11.5 Å². The third-order valence-corrected chi connectivity index (χ3v) is 4.67. The number of rotatable bonds is 9. The van der Waals surface area contributed by atoms with Gasteiger partial charge in [0.25, 0.3) is 0 Å². The number of hydrogen-bond donors (Lipinski definition) is 1. The van der Waals surface area contributed by atoms with Gasteiger partial charge in [-0.15, -0.1) is 13.2 Å². The van der Waals surface area contributed by atoms with Gasteiger partial charge < -0.3 is 19.4 Å². The molecule has 0 saturated carbocycles. The van der Waals surface area contributed by atoms with Crippen LogP contribution < -0.4 is 9.47 Å². The molecule has 32 heavy (non-hydrogen) atoms. The molecule has 9 heteroatoms. The highest BCUT2D eigenvalue weighted by Crippen LogP contribution is 2.29. The summed E-state index contributed by atoms with van der Waals surface area (Å²) in [6.07, 6.45) is -3.71. The van der Waals surface area contributed by atoms with Crippen molar-refractivity contribution in [1.82, 2.24) is 0 Å². The third-order valence-electron chi connectivity index (χ3n) is 4.67. The Morgan fingerprint density at radius 2 is 1.59 bits per heavy atom. The van der Waals surface area contributed by atoms with Crippen LogP contribution in [0.4, 0.5) is 13.2 Å². The SMILES string of the molecule is CO/N=C(/CCc1cc(C)c(OC(C)(C)C(=O)O)c(C)c1)c1ccc(OC(F)(F)F)cc1. The van der Waals surface area contributed by atoms with Gasteiger partial charge in [-0.1, -0.05) is 17.3 Å². The van der Waals surface area contributed by atoms with E-state index in [1.807, 2.05) is 26.0 Å². The lowest BCUT2D eigenvalue weighted by Crippen LogP contribution is -2.38. The molecule has 0 aliphatic carbocycles. The van der Waals surface area contributed by atoms with Crippen LogP contribution in [0.3, 0.4) is 0 Å². The van der Waals surface area contributed by atoms with Gasteiger partial charge in [0.1, 0.15) is 18.6 Å². The van der Waals surface area contributed by atoms with Crippen LogP contribution in [0.15, 0.2) is 41.6 Å². The number of alkyl halides is 3. The van der Waals surface area contributed by atoms with E-state index in [1.54, 1.807) is 0 Å². The van der Waals surface area contributed by atoms with E-state index in [2.05, 4.69) is 9.89 Å². The average molecular weight is 453 g/mol. The minimum Gasteiger partial charge on any atom is -0.478 e. The first-order valence-corrected chi connectivity index (χ1v) is 9.81. The molecule has 6 nitrogen and oxygen atoms in total. The number of carboxylic acids is 1. The Balaban J connectivity index is 2.16. The molecular weight excluding hydrogens is 427 g/mol. The monoisotopic (exact) mass is 453 g/mol. The summed E-state index contributed by atoms with van der Waals surface area (Å²) < 4.78 is 46.7. The third kappa shape index (κ3) is 6.90. The second-order valence-electron chi connectivity index (χ2n) is 7.77. The zero-order chi connectivity index (χ0) is 24.1. The molecule has 0 aromatic heterocycles. The minimum absolute atomic E-state index is 0.316. The average Bonchev–Trinajstić information content (AvgIpc) is 2.67. The molecular formula is C23H26F3NO5. The van der Waals surface area contributed by atoms with Crippen LogP contribution in [0.1, 0.15) is 42.5 Å². The van der Waals surface area contributed by atoms with Gasteiger partial charge in [-0.25, -0.2) is 4.79 Å². The van der Waals surface area contributed by atoms with E-state index in [0.29, 0.717) is 29.9 Å². The van der Waals surface area contributed by atoms with Crippen molar-refractivity contribution in [2.45, 2.75) is 52.5 Å². The number of carbonyl (C=O) groups is 1. The van der Waals surface area contributed by atoms with Gasteiger partial charge in [0, 0.05) is 0 Å². The highest BCUT2D eigenvalue weighted by atomic mass is 19.4. The zero-order valence-electron chi connectivity index (χ0n) is 18.5. The number of aliphatic carboxylic acids is 1. The van der Waals surface area contributed by atoms with Gasteiger partial charge in [-0.05, 0) is 87.1 Å². The highest BCUT2D eigenvalue weighted by Gasteiger charge is 2.31. The van der Waals surface area contributed by atoms with Crippen LogP contribution in [0.2, 0.25) is 0 Å². The second-order valence-corrected chi connectivity index (χ2v) is 7.77. The summed E-state index contributed by atoms with van der Waals surface area (Å²) in [5.41, 5.74) is 2.38.